The third-order valence-electron chi connectivity index (χ3n) is 2.25. The van der Waals surface area contributed by atoms with Gasteiger partial charge in [-0.05, 0) is 24.3 Å². The molecule has 0 aliphatic rings. The largest absolute Gasteiger partial charge is 0.395 e. The maximum Gasteiger partial charge on any atom is 0.255 e. The summed E-state index contributed by atoms with van der Waals surface area (Å²) in [4.78, 5) is 1.67. The first-order valence-electron chi connectivity index (χ1n) is 5.08. The van der Waals surface area contributed by atoms with Gasteiger partial charge in [0.1, 0.15) is 4.99 Å². The van der Waals surface area contributed by atoms with Crippen LogP contribution >= 0.6 is 12.2 Å². The summed E-state index contributed by atoms with van der Waals surface area (Å²) < 4.78 is 24.7. The summed E-state index contributed by atoms with van der Waals surface area (Å²) in [5, 5.41) is 8.83. The summed E-state index contributed by atoms with van der Waals surface area (Å²) >= 11 is 4.80. The summed E-state index contributed by atoms with van der Waals surface area (Å²) in [6.45, 7) is -0.423. The first kappa shape index (κ1) is 13.8. The van der Waals surface area contributed by atoms with E-state index in [-0.39, 0.29) is 18.1 Å². The number of aliphatic hydroxyl groups excluding tert-OH is 1. The average molecular weight is 260 g/mol. The van der Waals surface area contributed by atoms with Gasteiger partial charge in [-0.1, -0.05) is 12.2 Å². The molecule has 0 amide bonds. The van der Waals surface area contributed by atoms with Gasteiger partial charge in [0.2, 0.25) is 0 Å². The number of nitrogens with two attached hydrogens (primary N) is 1. The Morgan fingerprint density at radius 2 is 1.94 bits per heavy atom. The van der Waals surface area contributed by atoms with Crippen LogP contribution in [0.2, 0.25) is 0 Å². The standard InChI is InChI=1S/C11H14F2N2OS/c12-10(13)7-15(5-6-16)9-3-1-8(2-4-9)11(14)17/h1-4,10,16H,5-7H2,(H2,14,17). The van der Waals surface area contributed by atoms with Gasteiger partial charge in [-0.2, -0.15) is 0 Å². The minimum absolute atomic E-state index is 0.163. The van der Waals surface area contributed by atoms with Gasteiger partial charge in [0.15, 0.2) is 0 Å². The van der Waals surface area contributed by atoms with E-state index in [4.69, 9.17) is 23.1 Å². The third kappa shape index (κ3) is 4.24. The molecular formula is C11H14F2N2OS. The quantitative estimate of drug-likeness (QED) is 0.759. The minimum atomic E-state index is -2.45. The lowest BCUT2D eigenvalue weighted by atomic mass is 10.2. The van der Waals surface area contributed by atoms with Crippen molar-refractivity contribution in [2.75, 3.05) is 24.6 Å². The number of thiocarbonyl (C=S) groups is 1. The molecule has 3 N–H and O–H groups in total. The first-order chi connectivity index (χ1) is 8.04. The van der Waals surface area contributed by atoms with Gasteiger partial charge in [-0.15, -0.1) is 0 Å². The van der Waals surface area contributed by atoms with Crippen molar-refractivity contribution in [1.82, 2.24) is 0 Å². The van der Waals surface area contributed by atoms with E-state index >= 15 is 0 Å². The van der Waals surface area contributed by atoms with Crippen LogP contribution in [0.3, 0.4) is 0 Å². The van der Waals surface area contributed by atoms with E-state index < -0.39 is 13.0 Å². The second-order valence-electron chi connectivity index (χ2n) is 3.47. The average Bonchev–Trinajstić information content (AvgIpc) is 2.28. The van der Waals surface area contributed by atoms with Crippen LogP contribution in [0.15, 0.2) is 24.3 Å². The molecule has 1 aromatic rings. The Morgan fingerprint density at radius 3 is 2.35 bits per heavy atom. The maximum absolute atomic E-state index is 12.3. The molecular weight excluding hydrogens is 246 g/mol. The first-order valence-corrected chi connectivity index (χ1v) is 5.49. The third-order valence-corrected chi connectivity index (χ3v) is 2.48. The molecule has 0 saturated carbocycles. The molecule has 0 radical (unpaired) electrons. The predicted octanol–water partition coefficient (Wildman–Crippen LogP) is 1.38. The number of rotatable bonds is 6. The van der Waals surface area contributed by atoms with Crippen molar-refractivity contribution in [3.63, 3.8) is 0 Å². The molecule has 3 nitrogen and oxygen atoms in total. The highest BCUT2D eigenvalue weighted by Gasteiger charge is 2.12. The lowest BCUT2D eigenvalue weighted by molar-refractivity contribution is 0.153. The molecule has 0 aliphatic carbocycles. The fourth-order valence-electron chi connectivity index (χ4n) is 1.45. The molecule has 0 heterocycles. The van der Waals surface area contributed by atoms with Gasteiger partial charge in [0.05, 0.1) is 13.2 Å². The minimum Gasteiger partial charge on any atom is -0.395 e. The Hall–Kier alpha value is -1.27. The Bertz CT molecular complexity index is 370. The molecule has 6 heteroatoms. The van der Waals surface area contributed by atoms with E-state index in [2.05, 4.69) is 0 Å². The highest BCUT2D eigenvalue weighted by Crippen LogP contribution is 2.16. The number of alkyl halides is 2. The van der Waals surface area contributed by atoms with Crippen LogP contribution < -0.4 is 10.6 Å². The molecule has 0 spiro atoms. The Kier molecular flexibility index (Phi) is 5.24. The highest BCUT2D eigenvalue weighted by molar-refractivity contribution is 7.80. The van der Waals surface area contributed by atoms with E-state index in [1.165, 1.54) is 4.90 Å². The monoisotopic (exact) mass is 260 g/mol. The van der Waals surface area contributed by atoms with Crippen molar-refractivity contribution in [3.8, 4) is 0 Å². The number of hydrogen-bond donors (Lipinski definition) is 2. The lowest BCUT2D eigenvalue weighted by Crippen LogP contribution is -2.31. The molecule has 0 bridgehead atoms. The number of anilines is 1. The molecule has 0 unspecified atom stereocenters. The van der Waals surface area contributed by atoms with Crippen LogP contribution in [0.1, 0.15) is 5.56 Å². The lowest BCUT2D eigenvalue weighted by Gasteiger charge is -2.23. The van der Waals surface area contributed by atoms with Crippen LogP contribution in [-0.2, 0) is 0 Å². The molecule has 0 aliphatic heterocycles. The Balaban J connectivity index is 2.83. The van der Waals surface area contributed by atoms with Crippen LogP contribution in [-0.4, -0.2) is 36.2 Å². The van der Waals surface area contributed by atoms with Gasteiger partial charge >= 0.3 is 0 Å². The summed E-state index contributed by atoms with van der Waals surface area (Å²) in [5.74, 6) is 0. The van der Waals surface area contributed by atoms with Gasteiger partial charge in [0, 0.05) is 17.8 Å². The van der Waals surface area contributed by atoms with E-state index in [1.807, 2.05) is 0 Å². The SMILES string of the molecule is NC(=S)c1ccc(N(CCO)CC(F)F)cc1. The second-order valence-corrected chi connectivity index (χ2v) is 3.91. The van der Waals surface area contributed by atoms with Crippen LogP contribution in [0.25, 0.3) is 0 Å². The number of benzene rings is 1. The van der Waals surface area contributed by atoms with Gasteiger partial charge in [0.25, 0.3) is 6.43 Å². The van der Waals surface area contributed by atoms with Gasteiger partial charge in [-0.3, -0.25) is 0 Å². The number of halogens is 2. The summed E-state index contributed by atoms with van der Waals surface area (Å²) in [5.41, 5.74) is 6.73. The zero-order valence-electron chi connectivity index (χ0n) is 9.14. The normalized spacial score (nSPS) is 10.6. The topological polar surface area (TPSA) is 49.5 Å². The van der Waals surface area contributed by atoms with Crippen molar-refractivity contribution in [2.45, 2.75) is 6.43 Å². The smallest absolute Gasteiger partial charge is 0.255 e. The number of hydrogen-bond acceptors (Lipinski definition) is 3. The molecule has 0 atom stereocenters. The molecule has 0 fully saturated rings. The Morgan fingerprint density at radius 1 is 1.35 bits per heavy atom. The van der Waals surface area contributed by atoms with Gasteiger partial charge < -0.3 is 15.7 Å². The molecule has 1 aromatic carbocycles. The summed E-state index contributed by atoms with van der Waals surface area (Å²) in [6, 6.07) is 6.67. The zero-order chi connectivity index (χ0) is 12.8. The fraction of sp³-hybridized carbons (Fsp3) is 0.364. The summed E-state index contributed by atoms with van der Waals surface area (Å²) in [7, 11) is 0. The second kappa shape index (κ2) is 6.46. The molecule has 94 valence electrons. The fourth-order valence-corrected chi connectivity index (χ4v) is 1.59. The number of nitrogens with zero attached hydrogens (tertiary/aromatic N) is 1. The van der Waals surface area contributed by atoms with Crippen LogP contribution in [0.4, 0.5) is 14.5 Å². The van der Waals surface area contributed by atoms with Crippen LogP contribution in [0, 0.1) is 0 Å². The van der Waals surface area contributed by atoms with E-state index in [0.717, 1.165) is 0 Å². The van der Waals surface area contributed by atoms with Gasteiger partial charge in [-0.25, -0.2) is 8.78 Å². The molecule has 1 rings (SSSR count). The maximum atomic E-state index is 12.3. The summed E-state index contributed by atoms with van der Waals surface area (Å²) in [6.07, 6.45) is -2.45. The van der Waals surface area contributed by atoms with E-state index in [0.29, 0.717) is 11.3 Å². The predicted molar refractivity (Wildman–Crippen MR) is 67.6 cm³/mol. The Labute approximate surface area is 104 Å². The van der Waals surface area contributed by atoms with Crippen molar-refractivity contribution in [2.24, 2.45) is 5.73 Å². The molecule has 0 aromatic heterocycles. The van der Waals surface area contributed by atoms with Crippen molar-refractivity contribution in [3.05, 3.63) is 29.8 Å². The highest BCUT2D eigenvalue weighted by atomic mass is 32.1. The van der Waals surface area contributed by atoms with Crippen molar-refractivity contribution >= 4 is 22.9 Å². The zero-order valence-corrected chi connectivity index (χ0v) is 9.96. The van der Waals surface area contributed by atoms with Crippen molar-refractivity contribution < 1.29 is 13.9 Å². The van der Waals surface area contributed by atoms with E-state index in [1.54, 1.807) is 24.3 Å². The van der Waals surface area contributed by atoms with Crippen LogP contribution in [0.5, 0.6) is 0 Å². The van der Waals surface area contributed by atoms with E-state index in [9.17, 15) is 8.78 Å². The molecule has 0 saturated heterocycles. The molecule has 17 heavy (non-hydrogen) atoms. The number of aliphatic hydroxyl groups is 1. The van der Waals surface area contributed by atoms with Crippen molar-refractivity contribution in [1.29, 1.82) is 0 Å².